The van der Waals surface area contributed by atoms with E-state index in [1.807, 2.05) is 0 Å². The molecule has 0 atom stereocenters. The summed E-state index contributed by atoms with van der Waals surface area (Å²) in [5, 5.41) is 0. The highest BCUT2D eigenvalue weighted by Gasteiger charge is 2.23. The molecule has 1 aromatic heterocycles. The first-order valence-electron chi connectivity index (χ1n) is 6.37. The number of hydrogen-bond acceptors (Lipinski definition) is 5. The van der Waals surface area contributed by atoms with E-state index in [-0.39, 0.29) is 22.7 Å². The van der Waals surface area contributed by atoms with Crippen molar-refractivity contribution < 1.29 is 4.79 Å². The van der Waals surface area contributed by atoms with Gasteiger partial charge in [-0.3, -0.25) is 14.3 Å². The van der Waals surface area contributed by atoms with Crippen molar-refractivity contribution in [1.82, 2.24) is 9.36 Å². The molecule has 0 saturated carbocycles. The van der Waals surface area contributed by atoms with Crippen molar-refractivity contribution in [3.05, 3.63) is 33.8 Å². The van der Waals surface area contributed by atoms with Gasteiger partial charge in [-0.25, -0.2) is 9.67 Å². The first-order valence-corrected chi connectivity index (χ1v) is 6.37. The number of anilines is 1. The van der Waals surface area contributed by atoms with Gasteiger partial charge in [0.15, 0.2) is 17.3 Å². The van der Waals surface area contributed by atoms with Crippen LogP contribution < -0.4 is 17.0 Å². The molecule has 1 aliphatic heterocycles. The number of allylic oxidation sites excluding steroid dienone is 3. The lowest BCUT2D eigenvalue weighted by atomic mass is 10.0. The van der Waals surface area contributed by atoms with Crippen LogP contribution >= 0.6 is 0 Å². The van der Waals surface area contributed by atoms with E-state index in [4.69, 9.17) is 11.5 Å². The molecule has 0 radical (unpaired) electrons. The van der Waals surface area contributed by atoms with Crippen LogP contribution in [0.5, 0.6) is 0 Å². The van der Waals surface area contributed by atoms with Crippen LogP contribution in [-0.2, 0) is 17.9 Å². The first-order chi connectivity index (χ1) is 9.49. The Kier molecular flexibility index (Phi) is 2.63. The molecule has 104 valence electrons. The van der Waals surface area contributed by atoms with Gasteiger partial charge in [0, 0.05) is 19.2 Å². The molecule has 0 amide bonds. The second-order valence-electron chi connectivity index (χ2n) is 4.93. The molecule has 0 bridgehead atoms. The van der Waals surface area contributed by atoms with Gasteiger partial charge in [0.2, 0.25) is 0 Å². The Labute approximate surface area is 114 Å². The smallest absolute Gasteiger partial charge is 0.294 e. The molecule has 3 rings (SSSR count). The van der Waals surface area contributed by atoms with E-state index in [9.17, 15) is 9.59 Å². The van der Waals surface area contributed by atoms with E-state index >= 15 is 0 Å². The zero-order valence-corrected chi connectivity index (χ0v) is 11.1. The van der Waals surface area contributed by atoms with E-state index in [0.29, 0.717) is 30.2 Å². The van der Waals surface area contributed by atoms with E-state index < -0.39 is 0 Å². The molecular weight excluding hydrogens is 258 g/mol. The summed E-state index contributed by atoms with van der Waals surface area (Å²) in [6.45, 7) is 3.09. The zero-order chi connectivity index (χ0) is 14.4. The number of nitrogens with zero attached hydrogens (tertiary/aromatic N) is 3. The first kappa shape index (κ1) is 12.5. The van der Waals surface area contributed by atoms with Crippen molar-refractivity contribution in [2.45, 2.75) is 26.4 Å². The van der Waals surface area contributed by atoms with E-state index in [2.05, 4.69) is 4.99 Å². The number of aliphatic imine (C=N–C) groups is 1. The summed E-state index contributed by atoms with van der Waals surface area (Å²) in [7, 11) is 0. The quantitative estimate of drug-likeness (QED) is 0.706. The Morgan fingerprint density at radius 1 is 1.15 bits per heavy atom. The summed E-state index contributed by atoms with van der Waals surface area (Å²) in [6, 6.07) is 0. The third-order valence-electron chi connectivity index (χ3n) is 3.52. The van der Waals surface area contributed by atoms with Crippen molar-refractivity contribution in [1.29, 1.82) is 0 Å². The number of carbonyl (C=O) groups is 1. The summed E-state index contributed by atoms with van der Waals surface area (Å²) in [6.07, 6.45) is 3.63. The van der Waals surface area contributed by atoms with Crippen LogP contribution in [0.25, 0.3) is 0 Å². The van der Waals surface area contributed by atoms with Gasteiger partial charge in [0.05, 0.1) is 11.4 Å². The molecule has 2 aliphatic rings. The maximum Gasteiger partial charge on any atom is 0.294 e. The standard InChI is InChI=1S/C13H15N5O2/c1-7-5-8(19)6-9(14)10(7)16-11-12(15)17-3-2-4-18(17)13(11)20/h5-6H,2-4,14-15H2,1H3. The van der Waals surface area contributed by atoms with Crippen LogP contribution in [0.4, 0.5) is 11.5 Å². The predicted octanol–water partition coefficient (Wildman–Crippen LogP) is 0.0798. The Morgan fingerprint density at radius 3 is 2.50 bits per heavy atom. The van der Waals surface area contributed by atoms with Gasteiger partial charge in [0.25, 0.3) is 5.56 Å². The molecule has 1 aromatic rings. The predicted molar refractivity (Wildman–Crippen MR) is 75.9 cm³/mol. The SMILES string of the molecule is CC1=CC(=O)C=C(N)C1=Nc1c(N)n2n(c1=O)CCC2. The fourth-order valence-electron chi connectivity index (χ4n) is 2.57. The average molecular weight is 273 g/mol. The van der Waals surface area contributed by atoms with Crippen molar-refractivity contribution in [2.24, 2.45) is 10.7 Å². The molecule has 2 heterocycles. The molecule has 0 fully saturated rings. The number of carbonyl (C=O) groups excluding carboxylic acids is 1. The summed E-state index contributed by atoms with van der Waals surface area (Å²) >= 11 is 0. The number of ketones is 1. The Balaban J connectivity index is 2.15. The van der Waals surface area contributed by atoms with Crippen LogP contribution in [0.2, 0.25) is 0 Å². The monoisotopic (exact) mass is 273 g/mol. The number of fused-ring (bicyclic) bond motifs is 1. The summed E-state index contributed by atoms with van der Waals surface area (Å²) in [5.41, 5.74) is 13.1. The molecular formula is C13H15N5O2. The lowest BCUT2D eigenvalue weighted by molar-refractivity contribution is -0.110. The van der Waals surface area contributed by atoms with Gasteiger partial charge in [-0.15, -0.1) is 0 Å². The average Bonchev–Trinajstić information content (AvgIpc) is 2.92. The number of nitrogens with two attached hydrogens (primary N) is 2. The number of aromatic nitrogens is 2. The highest BCUT2D eigenvalue weighted by atomic mass is 16.1. The lowest BCUT2D eigenvalue weighted by Gasteiger charge is -2.10. The normalized spacial score (nSPS) is 20.1. The Morgan fingerprint density at radius 2 is 1.85 bits per heavy atom. The number of rotatable bonds is 1. The Bertz CT molecular complexity index is 736. The van der Waals surface area contributed by atoms with E-state index in [1.165, 1.54) is 12.2 Å². The highest BCUT2D eigenvalue weighted by Crippen LogP contribution is 2.24. The third kappa shape index (κ3) is 1.70. The molecule has 0 spiro atoms. The summed E-state index contributed by atoms with van der Waals surface area (Å²) < 4.78 is 3.32. The molecule has 1 aliphatic carbocycles. The van der Waals surface area contributed by atoms with Gasteiger partial charge in [-0.2, -0.15) is 0 Å². The Hall–Kier alpha value is -2.57. The molecule has 7 nitrogen and oxygen atoms in total. The van der Waals surface area contributed by atoms with E-state index in [0.717, 1.165) is 6.42 Å². The molecule has 0 aromatic carbocycles. The fraction of sp³-hybridized carbons (Fsp3) is 0.308. The fourth-order valence-corrected chi connectivity index (χ4v) is 2.57. The third-order valence-corrected chi connectivity index (χ3v) is 3.52. The lowest BCUT2D eigenvalue weighted by Crippen LogP contribution is -2.20. The van der Waals surface area contributed by atoms with E-state index in [1.54, 1.807) is 16.3 Å². The molecule has 0 unspecified atom stereocenters. The largest absolute Gasteiger partial charge is 0.397 e. The van der Waals surface area contributed by atoms with Crippen LogP contribution in [0, 0.1) is 0 Å². The molecule has 20 heavy (non-hydrogen) atoms. The van der Waals surface area contributed by atoms with Crippen molar-refractivity contribution in [3.8, 4) is 0 Å². The van der Waals surface area contributed by atoms with Crippen molar-refractivity contribution in [2.75, 3.05) is 5.73 Å². The van der Waals surface area contributed by atoms with Crippen molar-refractivity contribution in [3.63, 3.8) is 0 Å². The highest BCUT2D eigenvalue weighted by molar-refractivity contribution is 6.22. The topological polar surface area (TPSA) is 108 Å². The van der Waals surface area contributed by atoms with Gasteiger partial charge < -0.3 is 11.5 Å². The number of nitrogen functional groups attached to an aromatic ring is 1. The minimum absolute atomic E-state index is 0.178. The summed E-state index contributed by atoms with van der Waals surface area (Å²) in [5.74, 6) is 0.167. The second kappa shape index (κ2) is 4.22. The summed E-state index contributed by atoms with van der Waals surface area (Å²) in [4.78, 5) is 27.9. The molecule has 0 saturated heterocycles. The van der Waals surface area contributed by atoms with Crippen LogP contribution in [0.15, 0.2) is 33.2 Å². The number of hydrogen-bond donors (Lipinski definition) is 2. The maximum absolute atomic E-state index is 12.2. The van der Waals surface area contributed by atoms with Crippen LogP contribution in [-0.4, -0.2) is 20.9 Å². The van der Waals surface area contributed by atoms with Gasteiger partial charge in [0.1, 0.15) is 0 Å². The minimum Gasteiger partial charge on any atom is -0.397 e. The molecule has 4 N–H and O–H groups in total. The van der Waals surface area contributed by atoms with Gasteiger partial charge >= 0.3 is 0 Å². The second-order valence-corrected chi connectivity index (χ2v) is 4.93. The maximum atomic E-state index is 12.2. The van der Waals surface area contributed by atoms with Gasteiger partial charge in [-0.05, 0) is 25.0 Å². The van der Waals surface area contributed by atoms with Crippen molar-refractivity contribution >= 4 is 23.0 Å². The van der Waals surface area contributed by atoms with Gasteiger partial charge in [-0.1, -0.05) is 0 Å². The van der Waals surface area contributed by atoms with Crippen LogP contribution in [0.1, 0.15) is 13.3 Å². The minimum atomic E-state index is -0.218. The van der Waals surface area contributed by atoms with Crippen LogP contribution in [0.3, 0.4) is 0 Å². The molecule has 7 heteroatoms. The zero-order valence-electron chi connectivity index (χ0n) is 11.1.